The number of carbonyl (C=O) groups is 1. The van der Waals surface area contributed by atoms with Crippen LogP contribution < -0.4 is 5.32 Å². The monoisotopic (exact) mass is 250 g/mol. The summed E-state index contributed by atoms with van der Waals surface area (Å²) >= 11 is 4.31. The summed E-state index contributed by atoms with van der Waals surface area (Å²) < 4.78 is 0. The summed E-state index contributed by atoms with van der Waals surface area (Å²) in [6.45, 7) is 1.99. The second-order valence-electron chi connectivity index (χ2n) is 4.90. The minimum Gasteiger partial charge on any atom is -0.350 e. The van der Waals surface area contributed by atoms with Crippen LogP contribution in [0, 0.1) is 5.41 Å². The lowest BCUT2D eigenvalue weighted by Gasteiger charge is -2.16. The standard InChI is InChI=1S/C13H18N2OS/c1-10(11-2-6-14-7-3-11)15-12(16)8-13(9-17)4-5-13/h2-3,6-7,10,17H,4-5,8-9H2,1H3,(H,15,16). The molecular weight excluding hydrogens is 232 g/mol. The molecule has 0 radical (unpaired) electrons. The molecule has 17 heavy (non-hydrogen) atoms. The van der Waals surface area contributed by atoms with E-state index >= 15 is 0 Å². The van der Waals surface area contributed by atoms with Gasteiger partial charge < -0.3 is 5.32 Å². The maximum Gasteiger partial charge on any atom is 0.221 e. The molecule has 1 fully saturated rings. The second-order valence-corrected chi connectivity index (χ2v) is 5.22. The average molecular weight is 250 g/mol. The zero-order valence-electron chi connectivity index (χ0n) is 10.0. The molecule has 3 nitrogen and oxygen atoms in total. The van der Waals surface area contributed by atoms with E-state index < -0.39 is 0 Å². The van der Waals surface area contributed by atoms with Crippen LogP contribution in [0.25, 0.3) is 0 Å². The van der Waals surface area contributed by atoms with Crippen molar-refractivity contribution in [2.75, 3.05) is 5.75 Å². The zero-order valence-corrected chi connectivity index (χ0v) is 10.9. The molecule has 1 saturated carbocycles. The molecule has 2 rings (SSSR count). The smallest absolute Gasteiger partial charge is 0.221 e. The summed E-state index contributed by atoms with van der Waals surface area (Å²) in [6, 6.07) is 3.90. The van der Waals surface area contributed by atoms with Gasteiger partial charge in [0.05, 0.1) is 6.04 Å². The number of nitrogens with zero attached hydrogens (tertiary/aromatic N) is 1. The fourth-order valence-electron chi connectivity index (χ4n) is 1.94. The highest BCUT2D eigenvalue weighted by Gasteiger charge is 2.42. The van der Waals surface area contributed by atoms with E-state index in [1.54, 1.807) is 12.4 Å². The molecule has 1 atom stereocenters. The molecule has 1 aliphatic carbocycles. The molecule has 1 unspecified atom stereocenters. The number of hydrogen-bond acceptors (Lipinski definition) is 3. The first-order valence-electron chi connectivity index (χ1n) is 5.95. The Morgan fingerprint density at radius 2 is 2.18 bits per heavy atom. The number of rotatable bonds is 5. The molecule has 1 aromatic rings. The van der Waals surface area contributed by atoms with Gasteiger partial charge in [-0.1, -0.05) is 0 Å². The van der Waals surface area contributed by atoms with E-state index in [-0.39, 0.29) is 17.4 Å². The third-order valence-corrected chi connectivity index (χ3v) is 4.08. The molecule has 0 bridgehead atoms. The Kier molecular flexibility index (Phi) is 3.72. The lowest BCUT2D eigenvalue weighted by atomic mass is 10.0. The SMILES string of the molecule is CC(NC(=O)CC1(CS)CC1)c1ccncc1. The number of aromatic nitrogens is 1. The van der Waals surface area contributed by atoms with Gasteiger partial charge in [-0.25, -0.2) is 0 Å². The van der Waals surface area contributed by atoms with Gasteiger partial charge in [0.25, 0.3) is 0 Å². The summed E-state index contributed by atoms with van der Waals surface area (Å²) in [5.74, 6) is 0.935. The van der Waals surface area contributed by atoms with Crippen LogP contribution in [0.3, 0.4) is 0 Å². The highest BCUT2D eigenvalue weighted by Crippen LogP contribution is 2.49. The van der Waals surface area contributed by atoms with Gasteiger partial charge in [-0.15, -0.1) is 0 Å². The Morgan fingerprint density at radius 1 is 1.53 bits per heavy atom. The Balaban J connectivity index is 1.87. The maximum atomic E-state index is 11.9. The third-order valence-electron chi connectivity index (χ3n) is 3.41. The number of pyridine rings is 1. The Labute approximate surface area is 107 Å². The van der Waals surface area contributed by atoms with Crippen LogP contribution in [0.2, 0.25) is 0 Å². The summed E-state index contributed by atoms with van der Waals surface area (Å²) in [7, 11) is 0. The van der Waals surface area contributed by atoms with E-state index in [2.05, 4.69) is 22.9 Å². The van der Waals surface area contributed by atoms with Crippen LogP contribution in [-0.2, 0) is 4.79 Å². The van der Waals surface area contributed by atoms with Crippen LogP contribution in [0.4, 0.5) is 0 Å². The van der Waals surface area contributed by atoms with Crippen LogP contribution in [0.1, 0.15) is 37.8 Å². The van der Waals surface area contributed by atoms with Gasteiger partial charge in [0.1, 0.15) is 0 Å². The lowest BCUT2D eigenvalue weighted by molar-refractivity contribution is -0.122. The van der Waals surface area contributed by atoms with Crippen molar-refractivity contribution in [3.05, 3.63) is 30.1 Å². The van der Waals surface area contributed by atoms with Crippen molar-refractivity contribution in [3.63, 3.8) is 0 Å². The molecular formula is C13H18N2OS. The topological polar surface area (TPSA) is 42.0 Å². The summed E-state index contributed by atoms with van der Waals surface area (Å²) in [6.07, 6.45) is 6.36. The predicted molar refractivity (Wildman–Crippen MR) is 70.9 cm³/mol. The van der Waals surface area contributed by atoms with E-state index in [0.29, 0.717) is 6.42 Å². The van der Waals surface area contributed by atoms with Crippen molar-refractivity contribution in [2.45, 2.75) is 32.2 Å². The molecule has 1 aliphatic rings. The van der Waals surface area contributed by atoms with Gasteiger partial charge >= 0.3 is 0 Å². The number of hydrogen-bond donors (Lipinski definition) is 2. The second kappa shape index (κ2) is 5.08. The molecule has 0 aliphatic heterocycles. The summed E-state index contributed by atoms with van der Waals surface area (Å²) in [5, 5.41) is 3.03. The first-order valence-corrected chi connectivity index (χ1v) is 6.59. The van der Waals surface area contributed by atoms with Crippen LogP contribution in [-0.4, -0.2) is 16.6 Å². The van der Waals surface area contributed by atoms with Gasteiger partial charge in [-0.05, 0) is 48.6 Å². The van der Waals surface area contributed by atoms with E-state index in [1.807, 2.05) is 19.1 Å². The van der Waals surface area contributed by atoms with Crippen LogP contribution in [0.5, 0.6) is 0 Å². The van der Waals surface area contributed by atoms with Gasteiger partial charge in [-0.2, -0.15) is 12.6 Å². The van der Waals surface area contributed by atoms with Crippen molar-refractivity contribution < 1.29 is 4.79 Å². The van der Waals surface area contributed by atoms with Crippen molar-refractivity contribution in [2.24, 2.45) is 5.41 Å². The fourth-order valence-corrected chi connectivity index (χ4v) is 2.36. The summed E-state index contributed by atoms with van der Waals surface area (Å²) in [5.41, 5.74) is 1.27. The molecule has 0 saturated heterocycles. The van der Waals surface area contributed by atoms with Gasteiger partial charge in [-0.3, -0.25) is 9.78 Å². The molecule has 0 spiro atoms. The van der Waals surface area contributed by atoms with E-state index in [0.717, 1.165) is 24.2 Å². The molecule has 1 amide bonds. The van der Waals surface area contributed by atoms with Crippen molar-refractivity contribution in [3.8, 4) is 0 Å². The first kappa shape index (κ1) is 12.4. The molecule has 1 N–H and O–H groups in total. The predicted octanol–water partition coefficient (Wildman–Crippen LogP) is 2.36. The quantitative estimate of drug-likeness (QED) is 0.788. The minimum atomic E-state index is 0.0428. The van der Waals surface area contributed by atoms with Crippen LogP contribution >= 0.6 is 12.6 Å². The first-order chi connectivity index (χ1) is 8.15. The number of nitrogens with one attached hydrogen (secondary N) is 1. The van der Waals surface area contributed by atoms with E-state index in [4.69, 9.17) is 0 Å². The lowest BCUT2D eigenvalue weighted by Crippen LogP contribution is -2.29. The molecule has 4 heteroatoms. The zero-order chi connectivity index (χ0) is 12.3. The summed E-state index contributed by atoms with van der Waals surface area (Å²) in [4.78, 5) is 15.8. The van der Waals surface area contributed by atoms with Gasteiger partial charge in [0, 0.05) is 18.8 Å². The van der Waals surface area contributed by atoms with Gasteiger partial charge in [0.2, 0.25) is 5.91 Å². The Bertz CT molecular complexity index is 390. The molecule has 1 aromatic heterocycles. The van der Waals surface area contributed by atoms with E-state index in [9.17, 15) is 4.79 Å². The highest BCUT2D eigenvalue weighted by molar-refractivity contribution is 7.80. The maximum absolute atomic E-state index is 11.9. The fraction of sp³-hybridized carbons (Fsp3) is 0.538. The van der Waals surface area contributed by atoms with E-state index in [1.165, 1.54) is 0 Å². The number of amides is 1. The number of thiol groups is 1. The average Bonchev–Trinajstić information content (AvgIpc) is 3.10. The normalized spacial score (nSPS) is 18.5. The molecule has 0 aromatic carbocycles. The number of carbonyl (C=O) groups excluding carboxylic acids is 1. The van der Waals surface area contributed by atoms with Gasteiger partial charge in [0.15, 0.2) is 0 Å². The van der Waals surface area contributed by atoms with Crippen molar-refractivity contribution in [1.29, 1.82) is 0 Å². The largest absolute Gasteiger partial charge is 0.350 e. The Morgan fingerprint density at radius 3 is 2.71 bits per heavy atom. The van der Waals surface area contributed by atoms with Crippen LogP contribution in [0.15, 0.2) is 24.5 Å². The third kappa shape index (κ3) is 3.22. The minimum absolute atomic E-state index is 0.0428. The highest BCUT2D eigenvalue weighted by atomic mass is 32.1. The van der Waals surface area contributed by atoms with Crippen molar-refractivity contribution in [1.82, 2.24) is 10.3 Å². The van der Waals surface area contributed by atoms with Crippen molar-refractivity contribution >= 4 is 18.5 Å². The molecule has 92 valence electrons. The Hall–Kier alpha value is -1.03. The molecule has 1 heterocycles.